The van der Waals surface area contributed by atoms with Gasteiger partial charge in [-0.2, -0.15) is 11.3 Å². The van der Waals surface area contributed by atoms with Gasteiger partial charge in [0.25, 0.3) is 0 Å². The highest BCUT2D eigenvalue weighted by Gasteiger charge is 2.00. The number of aryl methyl sites for hydroxylation is 1. The zero-order chi connectivity index (χ0) is 9.10. The van der Waals surface area contributed by atoms with Gasteiger partial charge in [0.2, 0.25) is 5.95 Å². The lowest BCUT2D eigenvalue weighted by Gasteiger charge is -2.00. The fourth-order valence-corrected chi connectivity index (χ4v) is 1.62. The summed E-state index contributed by atoms with van der Waals surface area (Å²) < 4.78 is 1.60. The van der Waals surface area contributed by atoms with Crippen molar-refractivity contribution >= 4 is 17.3 Å². The minimum atomic E-state index is 0.686. The average molecular weight is 195 g/mol. The molecule has 2 heterocycles. The molecule has 0 amide bonds. The fourth-order valence-electron chi connectivity index (χ4n) is 0.954. The van der Waals surface area contributed by atoms with E-state index in [-0.39, 0.29) is 0 Å². The third-order valence-electron chi connectivity index (χ3n) is 1.65. The van der Waals surface area contributed by atoms with Crippen molar-refractivity contribution < 1.29 is 0 Å². The number of hydrogen-bond acceptors (Lipinski definition) is 5. The van der Waals surface area contributed by atoms with E-state index in [1.807, 2.05) is 5.38 Å². The zero-order valence-corrected chi connectivity index (χ0v) is 7.95. The van der Waals surface area contributed by atoms with E-state index in [2.05, 4.69) is 32.3 Å². The van der Waals surface area contributed by atoms with E-state index < -0.39 is 0 Å². The summed E-state index contributed by atoms with van der Waals surface area (Å²) in [7, 11) is 1.80. The van der Waals surface area contributed by atoms with Gasteiger partial charge in [-0.3, -0.25) is 0 Å². The van der Waals surface area contributed by atoms with Gasteiger partial charge in [-0.05, 0) is 32.8 Å². The monoisotopic (exact) mass is 195 g/mol. The highest BCUT2D eigenvalue weighted by molar-refractivity contribution is 7.07. The smallest absolute Gasteiger partial charge is 0.242 e. The Balaban J connectivity index is 1.97. The van der Waals surface area contributed by atoms with Crippen LogP contribution < -0.4 is 5.32 Å². The fraction of sp³-hybridized carbons (Fsp3) is 0.286. The summed E-state index contributed by atoms with van der Waals surface area (Å²) in [6.07, 6.45) is 0. The second kappa shape index (κ2) is 3.53. The molecule has 0 atom stereocenters. The molecule has 2 aromatic rings. The van der Waals surface area contributed by atoms with Crippen LogP contribution in [-0.4, -0.2) is 20.2 Å². The van der Waals surface area contributed by atoms with Gasteiger partial charge in [-0.15, -0.1) is 0 Å². The molecule has 0 radical (unpaired) electrons. The number of hydrogen-bond donors (Lipinski definition) is 1. The second-order valence-corrected chi connectivity index (χ2v) is 3.39. The Morgan fingerprint density at radius 3 is 3.15 bits per heavy atom. The Morgan fingerprint density at radius 1 is 1.62 bits per heavy atom. The average Bonchev–Trinajstić information content (AvgIpc) is 2.72. The van der Waals surface area contributed by atoms with Crippen LogP contribution in [0.25, 0.3) is 0 Å². The number of nitrogens with one attached hydrogen (secondary N) is 1. The molecule has 1 N–H and O–H groups in total. The van der Waals surface area contributed by atoms with Gasteiger partial charge in [0.05, 0.1) is 0 Å². The third-order valence-corrected chi connectivity index (χ3v) is 2.38. The molecular formula is C7H9N5S. The van der Waals surface area contributed by atoms with Gasteiger partial charge < -0.3 is 5.32 Å². The van der Waals surface area contributed by atoms with Crippen LogP contribution in [0.3, 0.4) is 0 Å². The first kappa shape index (κ1) is 8.18. The molecule has 0 aliphatic rings. The normalized spacial score (nSPS) is 10.2. The van der Waals surface area contributed by atoms with Crippen LogP contribution >= 0.6 is 11.3 Å². The minimum Gasteiger partial charge on any atom is -0.349 e. The van der Waals surface area contributed by atoms with Gasteiger partial charge in [0, 0.05) is 13.6 Å². The molecule has 2 aromatic heterocycles. The van der Waals surface area contributed by atoms with E-state index in [0.29, 0.717) is 5.95 Å². The number of aromatic nitrogens is 4. The molecule has 0 aliphatic carbocycles. The molecule has 0 spiro atoms. The molecule has 0 saturated carbocycles. The van der Waals surface area contributed by atoms with Crippen LogP contribution in [-0.2, 0) is 13.6 Å². The van der Waals surface area contributed by atoms with E-state index in [0.717, 1.165) is 6.54 Å². The van der Waals surface area contributed by atoms with Crippen molar-refractivity contribution in [3.63, 3.8) is 0 Å². The summed E-state index contributed by atoms with van der Waals surface area (Å²) >= 11 is 1.68. The predicted octanol–water partition coefficient (Wildman–Crippen LogP) is 0.884. The first-order chi connectivity index (χ1) is 6.36. The summed E-state index contributed by atoms with van der Waals surface area (Å²) in [5, 5.41) is 18.3. The van der Waals surface area contributed by atoms with Crippen molar-refractivity contribution in [2.75, 3.05) is 5.32 Å². The van der Waals surface area contributed by atoms with Crippen molar-refractivity contribution in [2.24, 2.45) is 7.05 Å². The Morgan fingerprint density at radius 2 is 2.54 bits per heavy atom. The molecule has 5 nitrogen and oxygen atoms in total. The van der Waals surface area contributed by atoms with Gasteiger partial charge in [-0.1, -0.05) is 5.10 Å². The molecular weight excluding hydrogens is 186 g/mol. The van der Waals surface area contributed by atoms with Crippen LogP contribution in [0.1, 0.15) is 5.56 Å². The van der Waals surface area contributed by atoms with Crippen molar-refractivity contribution in [3.8, 4) is 0 Å². The first-order valence-corrected chi connectivity index (χ1v) is 4.78. The van der Waals surface area contributed by atoms with Crippen molar-refractivity contribution in [3.05, 3.63) is 22.4 Å². The largest absolute Gasteiger partial charge is 0.349 e. The lowest BCUT2D eigenvalue weighted by Crippen LogP contribution is -2.04. The van der Waals surface area contributed by atoms with Gasteiger partial charge in [0.15, 0.2) is 0 Å². The summed E-state index contributed by atoms with van der Waals surface area (Å²) in [5.74, 6) is 0.686. The molecule has 6 heteroatoms. The summed E-state index contributed by atoms with van der Waals surface area (Å²) in [6.45, 7) is 0.762. The third kappa shape index (κ3) is 1.83. The Hall–Kier alpha value is -1.43. The molecule has 0 fully saturated rings. The maximum atomic E-state index is 3.81. The van der Waals surface area contributed by atoms with E-state index in [4.69, 9.17) is 0 Å². The molecule has 2 rings (SSSR count). The lowest BCUT2D eigenvalue weighted by atomic mass is 10.3. The van der Waals surface area contributed by atoms with Crippen LogP contribution in [0.5, 0.6) is 0 Å². The molecule has 68 valence electrons. The van der Waals surface area contributed by atoms with E-state index in [9.17, 15) is 0 Å². The highest BCUT2D eigenvalue weighted by atomic mass is 32.1. The Kier molecular flexibility index (Phi) is 2.22. The lowest BCUT2D eigenvalue weighted by molar-refractivity contribution is 0.712. The molecule has 0 bridgehead atoms. The van der Waals surface area contributed by atoms with Crippen LogP contribution in [0.15, 0.2) is 16.8 Å². The van der Waals surface area contributed by atoms with Gasteiger partial charge >= 0.3 is 0 Å². The number of tetrazole rings is 1. The van der Waals surface area contributed by atoms with Crippen molar-refractivity contribution in [1.82, 2.24) is 20.2 Å². The SMILES string of the molecule is Cn1nnnc1NCc1ccsc1. The predicted molar refractivity (Wildman–Crippen MR) is 50.4 cm³/mol. The molecule has 0 aliphatic heterocycles. The highest BCUT2D eigenvalue weighted by Crippen LogP contribution is 2.07. The maximum absolute atomic E-state index is 3.81. The Bertz CT molecular complexity index is 366. The van der Waals surface area contributed by atoms with Crippen molar-refractivity contribution in [1.29, 1.82) is 0 Å². The topological polar surface area (TPSA) is 55.6 Å². The summed E-state index contributed by atoms with van der Waals surface area (Å²) in [6, 6.07) is 2.07. The van der Waals surface area contributed by atoms with Crippen LogP contribution in [0, 0.1) is 0 Å². The zero-order valence-electron chi connectivity index (χ0n) is 7.14. The maximum Gasteiger partial charge on any atom is 0.242 e. The minimum absolute atomic E-state index is 0.686. The first-order valence-electron chi connectivity index (χ1n) is 3.83. The van der Waals surface area contributed by atoms with E-state index in [1.165, 1.54) is 5.56 Å². The number of thiophene rings is 1. The van der Waals surface area contributed by atoms with Crippen LogP contribution in [0.4, 0.5) is 5.95 Å². The van der Waals surface area contributed by atoms with Gasteiger partial charge in [0.1, 0.15) is 0 Å². The van der Waals surface area contributed by atoms with Crippen molar-refractivity contribution in [2.45, 2.75) is 6.54 Å². The van der Waals surface area contributed by atoms with E-state index in [1.54, 1.807) is 23.1 Å². The number of rotatable bonds is 3. The molecule has 0 saturated heterocycles. The Labute approximate surface area is 79.4 Å². The quantitative estimate of drug-likeness (QED) is 0.790. The van der Waals surface area contributed by atoms with E-state index >= 15 is 0 Å². The second-order valence-electron chi connectivity index (χ2n) is 2.61. The molecule has 13 heavy (non-hydrogen) atoms. The molecule has 0 unspecified atom stereocenters. The number of nitrogens with zero attached hydrogens (tertiary/aromatic N) is 4. The van der Waals surface area contributed by atoms with Crippen LogP contribution in [0.2, 0.25) is 0 Å². The summed E-state index contributed by atoms with van der Waals surface area (Å²) in [5.41, 5.74) is 1.24. The summed E-state index contributed by atoms with van der Waals surface area (Å²) in [4.78, 5) is 0. The standard InChI is InChI=1S/C7H9N5S/c1-12-7(9-10-11-12)8-4-6-2-3-13-5-6/h2-3,5H,4H2,1H3,(H,8,9,11). The van der Waals surface area contributed by atoms with Gasteiger partial charge in [-0.25, -0.2) is 4.68 Å². The molecule has 0 aromatic carbocycles. The number of anilines is 1.